The van der Waals surface area contributed by atoms with Gasteiger partial charge in [-0.05, 0) is 43.7 Å². The molecule has 0 saturated carbocycles. The summed E-state index contributed by atoms with van der Waals surface area (Å²) in [6.07, 6.45) is 0. The first-order valence-electron chi connectivity index (χ1n) is 6.03. The van der Waals surface area contributed by atoms with Gasteiger partial charge in [0.1, 0.15) is 0 Å². The van der Waals surface area contributed by atoms with Gasteiger partial charge >= 0.3 is 6.03 Å². The molecule has 0 atom stereocenters. The summed E-state index contributed by atoms with van der Waals surface area (Å²) >= 11 is 17.7. The van der Waals surface area contributed by atoms with E-state index in [0.29, 0.717) is 21.4 Å². The van der Waals surface area contributed by atoms with Crippen molar-refractivity contribution in [3.05, 3.63) is 50.7 Å². The number of nitrogens with zero attached hydrogens (tertiary/aromatic N) is 1. The second-order valence-corrected chi connectivity index (χ2v) is 5.63. The van der Waals surface area contributed by atoms with Gasteiger partial charge in [0, 0.05) is 11.4 Å². The van der Waals surface area contributed by atoms with Crippen molar-refractivity contribution in [2.24, 2.45) is 0 Å². The molecule has 0 fully saturated rings. The van der Waals surface area contributed by atoms with Crippen LogP contribution in [0.25, 0.3) is 0 Å². The molecule has 110 valence electrons. The molecule has 0 bridgehead atoms. The molecule has 0 radical (unpaired) electrons. The van der Waals surface area contributed by atoms with Gasteiger partial charge in [-0.15, -0.1) is 0 Å². The number of rotatable bonds is 2. The van der Waals surface area contributed by atoms with Gasteiger partial charge in [0.25, 0.3) is 0 Å². The smallest absolute Gasteiger partial charge is 0.308 e. The van der Waals surface area contributed by atoms with Crippen molar-refractivity contribution in [2.75, 3.05) is 10.6 Å². The third kappa shape index (κ3) is 4.00. The number of hydrogen-bond donors (Lipinski definition) is 2. The molecule has 4 nitrogen and oxygen atoms in total. The quantitative estimate of drug-likeness (QED) is 0.726. The number of aryl methyl sites for hydroxylation is 2. The predicted octanol–water partition coefficient (Wildman–Crippen LogP) is 5.30. The molecule has 1 aromatic heterocycles. The summed E-state index contributed by atoms with van der Waals surface area (Å²) < 4.78 is 0. The van der Waals surface area contributed by atoms with Gasteiger partial charge in [-0.1, -0.05) is 34.8 Å². The van der Waals surface area contributed by atoms with E-state index in [0.717, 1.165) is 11.3 Å². The lowest BCUT2D eigenvalue weighted by Gasteiger charge is -2.12. The summed E-state index contributed by atoms with van der Waals surface area (Å²) in [7, 11) is 0. The fraction of sp³-hybridized carbons (Fsp3) is 0.143. The maximum atomic E-state index is 12.0. The van der Waals surface area contributed by atoms with E-state index < -0.39 is 6.03 Å². The number of halogens is 3. The van der Waals surface area contributed by atoms with E-state index in [2.05, 4.69) is 15.6 Å². The van der Waals surface area contributed by atoms with E-state index in [1.165, 1.54) is 0 Å². The summed E-state index contributed by atoms with van der Waals surface area (Å²) in [6.45, 7) is 3.67. The van der Waals surface area contributed by atoms with Crippen LogP contribution in [0.1, 0.15) is 11.3 Å². The molecule has 0 aliphatic heterocycles. The van der Waals surface area contributed by atoms with Gasteiger partial charge < -0.3 is 10.6 Å². The summed E-state index contributed by atoms with van der Waals surface area (Å²) in [5, 5.41) is 6.35. The third-order valence-corrected chi connectivity index (χ3v) is 3.73. The van der Waals surface area contributed by atoms with E-state index in [9.17, 15) is 4.79 Å². The summed E-state index contributed by atoms with van der Waals surface area (Å²) in [4.78, 5) is 16.1. The van der Waals surface area contributed by atoms with Crippen LogP contribution in [-0.4, -0.2) is 11.0 Å². The lowest BCUT2D eigenvalue weighted by Crippen LogP contribution is -2.20. The molecule has 0 aliphatic carbocycles. The first-order chi connectivity index (χ1) is 9.86. The van der Waals surface area contributed by atoms with Crippen LogP contribution in [0.5, 0.6) is 0 Å². The molecule has 21 heavy (non-hydrogen) atoms. The van der Waals surface area contributed by atoms with Crippen LogP contribution in [0, 0.1) is 13.8 Å². The van der Waals surface area contributed by atoms with E-state index in [-0.39, 0.29) is 5.15 Å². The Bertz CT molecular complexity index is 681. The number of aromatic nitrogens is 1. The molecule has 2 amide bonds. The van der Waals surface area contributed by atoms with E-state index in [4.69, 9.17) is 34.8 Å². The standard InChI is InChI=1S/C14H12Cl3N3O/c1-7-5-8(2)18-13(17)12(7)20-14(21)19-9-3-4-10(15)11(16)6-9/h3-6H,1-2H3,(H2,19,20,21). The Morgan fingerprint density at radius 3 is 2.38 bits per heavy atom. The minimum absolute atomic E-state index is 0.247. The van der Waals surface area contributed by atoms with Crippen molar-refractivity contribution in [1.29, 1.82) is 0 Å². The molecule has 0 spiro atoms. The molecule has 0 aliphatic rings. The molecule has 0 unspecified atom stereocenters. The largest absolute Gasteiger partial charge is 0.323 e. The highest BCUT2D eigenvalue weighted by molar-refractivity contribution is 6.42. The number of pyridine rings is 1. The Morgan fingerprint density at radius 2 is 1.76 bits per heavy atom. The van der Waals surface area contributed by atoms with Crippen molar-refractivity contribution in [1.82, 2.24) is 4.98 Å². The van der Waals surface area contributed by atoms with Gasteiger partial charge in [-0.3, -0.25) is 0 Å². The molecule has 7 heteroatoms. The van der Waals surface area contributed by atoms with Gasteiger partial charge in [0.2, 0.25) is 0 Å². The Hall–Kier alpha value is -1.49. The van der Waals surface area contributed by atoms with Gasteiger partial charge in [-0.25, -0.2) is 9.78 Å². The molecule has 2 aromatic rings. The Kier molecular flexibility index (Phi) is 4.93. The highest BCUT2D eigenvalue weighted by Crippen LogP contribution is 2.26. The van der Waals surface area contributed by atoms with Gasteiger partial charge in [-0.2, -0.15) is 0 Å². The molecule has 0 saturated heterocycles. The fourth-order valence-electron chi connectivity index (χ4n) is 1.79. The van der Waals surface area contributed by atoms with Crippen LogP contribution in [0.4, 0.5) is 16.2 Å². The van der Waals surface area contributed by atoms with Crippen LogP contribution in [-0.2, 0) is 0 Å². The zero-order valence-electron chi connectivity index (χ0n) is 11.3. The van der Waals surface area contributed by atoms with Crippen molar-refractivity contribution in [3.8, 4) is 0 Å². The average molecular weight is 345 g/mol. The lowest BCUT2D eigenvalue weighted by molar-refractivity contribution is 0.262. The molecule has 1 aromatic carbocycles. The van der Waals surface area contributed by atoms with Crippen molar-refractivity contribution < 1.29 is 4.79 Å². The van der Waals surface area contributed by atoms with Crippen molar-refractivity contribution in [2.45, 2.75) is 13.8 Å². The normalized spacial score (nSPS) is 10.3. The number of carbonyl (C=O) groups is 1. The maximum Gasteiger partial charge on any atom is 0.323 e. The zero-order valence-corrected chi connectivity index (χ0v) is 13.6. The zero-order chi connectivity index (χ0) is 15.6. The summed E-state index contributed by atoms with van der Waals surface area (Å²) in [5.74, 6) is 0. The molecule has 1 heterocycles. The number of hydrogen-bond acceptors (Lipinski definition) is 2. The number of urea groups is 1. The Labute approximate surface area is 137 Å². The SMILES string of the molecule is Cc1cc(C)c(NC(=O)Nc2ccc(Cl)c(Cl)c2)c(Cl)n1. The topological polar surface area (TPSA) is 54.0 Å². The van der Waals surface area contributed by atoms with E-state index in [1.54, 1.807) is 18.2 Å². The minimum Gasteiger partial charge on any atom is -0.308 e. The number of anilines is 2. The lowest BCUT2D eigenvalue weighted by atomic mass is 10.2. The molecular formula is C14H12Cl3N3O. The Morgan fingerprint density at radius 1 is 1.05 bits per heavy atom. The minimum atomic E-state index is -0.441. The monoisotopic (exact) mass is 343 g/mol. The number of carbonyl (C=O) groups excluding carboxylic acids is 1. The molecular weight excluding hydrogens is 333 g/mol. The highest BCUT2D eigenvalue weighted by Gasteiger charge is 2.11. The number of nitrogens with one attached hydrogen (secondary N) is 2. The van der Waals surface area contributed by atoms with Gasteiger partial charge in [0.15, 0.2) is 5.15 Å². The van der Waals surface area contributed by atoms with Crippen LogP contribution in [0.3, 0.4) is 0 Å². The maximum absolute atomic E-state index is 12.0. The van der Waals surface area contributed by atoms with Crippen LogP contribution < -0.4 is 10.6 Å². The Balaban J connectivity index is 2.13. The predicted molar refractivity (Wildman–Crippen MR) is 87.8 cm³/mol. The molecule has 2 N–H and O–H groups in total. The second kappa shape index (κ2) is 6.52. The summed E-state index contributed by atoms with van der Waals surface area (Å²) in [6, 6.07) is 6.20. The van der Waals surface area contributed by atoms with Crippen molar-refractivity contribution in [3.63, 3.8) is 0 Å². The second-order valence-electron chi connectivity index (χ2n) is 4.45. The first kappa shape index (κ1) is 15.9. The number of benzene rings is 1. The van der Waals surface area contributed by atoms with E-state index >= 15 is 0 Å². The highest BCUT2D eigenvalue weighted by atomic mass is 35.5. The fourth-order valence-corrected chi connectivity index (χ4v) is 2.42. The van der Waals surface area contributed by atoms with Crippen LogP contribution in [0.15, 0.2) is 24.3 Å². The third-order valence-electron chi connectivity index (χ3n) is 2.72. The van der Waals surface area contributed by atoms with Crippen LogP contribution in [0.2, 0.25) is 15.2 Å². The van der Waals surface area contributed by atoms with Gasteiger partial charge in [0.05, 0.1) is 15.7 Å². The van der Waals surface area contributed by atoms with Crippen LogP contribution >= 0.6 is 34.8 Å². The molecule has 2 rings (SSSR count). The average Bonchev–Trinajstić information content (AvgIpc) is 2.38. The number of amides is 2. The first-order valence-corrected chi connectivity index (χ1v) is 7.17. The summed E-state index contributed by atoms with van der Waals surface area (Å²) in [5.41, 5.74) is 2.61. The van der Waals surface area contributed by atoms with E-state index in [1.807, 2.05) is 19.9 Å². The van der Waals surface area contributed by atoms with Crippen molar-refractivity contribution >= 4 is 52.2 Å².